The van der Waals surface area contributed by atoms with E-state index in [1.54, 1.807) is 36.4 Å². The van der Waals surface area contributed by atoms with Gasteiger partial charge in [-0.25, -0.2) is 4.39 Å². The van der Waals surface area contributed by atoms with Crippen LogP contribution in [0.25, 0.3) is 5.76 Å². The van der Waals surface area contributed by atoms with E-state index >= 15 is 0 Å². The van der Waals surface area contributed by atoms with E-state index < -0.39 is 23.5 Å². The van der Waals surface area contributed by atoms with Crippen LogP contribution in [0.2, 0.25) is 0 Å². The monoisotopic (exact) mass is 657 g/mol. The molecule has 1 fully saturated rings. The van der Waals surface area contributed by atoms with E-state index in [-0.39, 0.29) is 32.5 Å². The SMILES string of the molecule is COc1ccc(/C(O)=C2/C(=O)C(=O)N(c3nnc(SCc4ccc(F)cc4)s3)C2c2cc(Br)c(O)c(OC)c2)cc1. The molecule has 0 saturated carbocycles. The van der Waals surface area contributed by atoms with Crippen LogP contribution in [0.3, 0.4) is 0 Å². The second-order valence-corrected chi connectivity index (χ2v) is 11.7. The van der Waals surface area contributed by atoms with Crippen LogP contribution in [0, 0.1) is 5.82 Å². The van der Waals surface area contributed by atoms with Crippen LogP contribution in [0.15, 0.2) is 75.0 Å². The molecular formula is C28H21BrFN3O6S2. The van der Waals surface area contributed by atoms with Crippen molar-refractivity contribution in [3.05, 3.63) is 93.2 Å². The number of phenolic OH excluding ortho intramolecular Hbond substituents is 1. The van der Waals surface area contributed by atoms with Gasteiger partial charge in [0, 0.05) is 11.3 Å². The number of ether oxygens (including phenoxy) is 2. The van der Waals surface area contributed by atoms with Gasteiger partial charge in [0.25, 0.3) is 5.78 Å². The van der Waals surface area contributed by atoms with Crippen LogP contribution in [-0.4, -0.2) is 46.3 Å². The van der Waals surface area contributed by atoms with Crippen molar-refractivity contribution >= 4 is 61.6 Å². The third kappa shape index (κ3) is 5.65. The Balaban J connectivity index is 1.58. The number of carbonyl (C=O) groups excluding carboxylic acids is 2. The summed E-state index contributed by atoms with van der Waals surface area (Å²) in [6, 6.07) is 14.3. The molecule has 1 amide bonds. The van der Waals surface area contributed by atoms with Gasteiger partial charge in [0.2, 0.25) is 5.13 Å². The molecule has 3 aromatic carbocycles. The predicted octanol–water partition coefficient (Wildman–Crippen LogP) is 6.08. The molecule has 1 aliphatic rings. The summed E-state index contributed by atoms with van der Waals surface area (Å²) < 4.78 is 24.5. The lowest BCUT2D eigenvalue weighted by Gasteiger charge is -2.23. The molecule has 1 aliphatic heterocycles. The molecule has 1 aromatic heterocycles. The molecule has 0 radical (unpaired) electrons. The Bertz CT molecular complexity index is 1660. The third-order valence-corrected chi connectivity index (χ3v) is 9.00. The lowest BCUT2D eigenvalue weighted by Crippen LogP contribution is -2.29. The number of aromatic hydroxyl groups is 1. The number of anilines is 1. The molecule has 5 rings (SSSR count). The minimum absolute atomic E-state index is 0.0946. The summed E-state index contributed by atoms with van der Waals surface area (Å²) in [6.07, 6.45) is 0. The molecule has 1 saturated heterocycles. The maximum Gasteiger partial charge on any atom is 0.301 e. The van der Waals surface area contributed by atoms with Crippen LogP contribution in [0.1, 0.15) is 22.7 Å². The Labute approximate surface area is 250 Å². The predicted molar refractivity (Wildman–Crippen MR) is 156 cm³/mol. The van der Waals surface area contributed by atoms with Crippen molar-refractivity contribution < 1.29 is 33.7 Å². The summed E-state index contributed by atoms with van der Waals surface area (Å²) in [4.78, 5) is 28.1. The number of aromatic nitrogens is 2. The fourth-order valence-corrected chi connectivity index (χ4v) is 6.52. The maximum absolute atomic E-state index is 13.5. The van der Waals surface area contributed by atoms with E-state index in [2.05, 4.69) is 26.1 Å². The Kier molecular flexibility index (Phi) is 8.29. The van der Waals surface area contributed by atoms with Crippen LogP contribution in [0.4, 0.5) is 9.52 Å². The minimum Gasteiger partial charge on any atom is -0.507 e. The summed E-state index contributed by atoms with van der Waals surface area (Å²) >= 11 is 5.73. The maximum atomic E-state index is 13.5. The molecule has 0 spiro atoms. The number of phenols is 1. The van der Waals surface area contributed by atoms with E-state index in [4.69, 9.17) is 9.47 Å². The quantitative estimate of drug-likeness (QED) is 0.0763. The zero-order valence-electron chi connectivity index (χ0n) is 21.5. The molecule has 41 heavy (non-hydrogen) atoms. The van der Waals surface area contributed by atoms with E-state index in [1.165, 1.54) is 55.1 Å². The number of ketones is 1. The van der Waals surface area contributed by atoms with Crippen molar-refractivity contribution in [1.29, 1.82) is 0 Å². The lowest BCUT2D eigenvalue weighted by atomic mass is 9.95. The number of benzene rings is 3. The number of aliphatic hydroxyl groups excluding tert-OH is 1. The molecule has 0 aliphatic carbocycles. The van der Waals surface area contributed by atoms with E-state index in [9.17, 15) is 24.2 Å². The highest BCUT2D eigenvalue weighted by atomic mass is 79.9. The smallest absolute Gasteiger partial charge is 0.301 e. The van der Waals surface area contributed by atoms with Crippen LogP contribution in [-0.2, 0) is 15.3 Å². The first-order valence-electron chi connectivity index (χ1n) is 11.9. The fourth-order valence-electron chi connectivity index (χ4n) is 4.24. The molecule has 2 heterocycles. The fraction of sp³-hybridized carbons (Fsp3) is 0.143. The summed E-state index contributed by atoms with van der Waals surface area (Å²) in [5.41, 5.74) is 1.37. The summed E-state index contributed by atoms with van der Waals surface area (Å²) in [7, 11) is 2.87. The van der Waals surface area contributed by atoms with Gasteiger partial charge in [-0.05, 0) is 75.6 Å². The number of aliphatic hydroxyl groups is 1. The molecule has 0 bridgehead atoms. The molecule has 13 heteroatoms. The minimum atomic E-state index is -1.12. The highest BCUT2D eigenvalue weighted by Gasteiger charge is 2.48. The standard InChI is InChI=1S/C28H21BrFN3O6S2/c1-38-18-9-5-15(6-10-18)23(34)21-22(16-11-19(29)24(35)20(12-16)39-2)33(26(37)25(21)36)27-31-32-28(41-27)40-13-14-3-7-17(30)8-4-14/h3-12,22,34-35H,13H2,1-2H3/b23-21-. The van der Waals surface area contributed by atoms with Crippen molar-refractivity contribution in [3.63, 3.8) is 0 Å². The number of carbonyl (C=O) groups is 2. The molecule has 210 valence electrons. The van der Waals surface area contributed by atoms with Gasteiger partial charge >= 0.3 is 5.91 Å². The van der Waals surface area contributed by atoms with Gasteiger partial charge in [-0.1, -0.05) is 35.2 Å². The van der Waals surface area contributed by atoms with E-state index in [0.29, 0.717) is 27.0 Å². The average molecular weight is 659 g/mol. The number of hydrogen-bond donors (Lipinski definition) is 2. The largest absolute Gasteiger partial charge is 0.507 e. The zero-order valence-corrected chi connectivity index (χ0v) is 24.7. The van der Waals surface area contributed by atoms with Crippen molar-refractivity contribution in [3.8, 4) is 17.2 Å². The first kappa shape index (κ1) is 28.6. The van der Waals surface area contributed by atoms with Crippen molar-refractivity contribution in [2.45, 2.75) is 16.1 Å². The molecule has 2 N–H and O–H groups in total. The summed E-state index contributed by atoms with van der Waals surface area (Å²) in [6.45, 7) is 0. The zero-order chi connectivity index (χ0) is 29.3. The topological polar surface area (TPSA) is 122 Å². The Morgan fingerprint density at radius 2 is 1.78 bits per heavy atom. The number of hydrogen-bond acceptors (Lipinski definition) is 10. The summed E-state index contributed by atoms with van der Waals surface area (Å²) in [5.74, 6) is -1.59. The van der Waals surface area contributed by atoms with Gasteiger partial charge < -0.3 is 19.7 Å². The van der Waals surface area contributed by atoms with Crippen LogP contribution >= 0.6 is 39.0 Å². The molecule has 9 nitrogen and oxygen atoms in total. The number of Topliss-reactive ketones (excluding diaryl/α,β-unsaturated/α-hetero) is 1. The first-order valence-corrected chi connectivity index (χ1v) is 14.5. The summed E-state index contributed by atoms with van der Waals surface area (Å²) in [5, 5.41) is 30.2. The Hall–Kier alpha value is -3.94. The number of rotatable bonds is 8. The van der Waals surface area contributed by atoms with E-state index in [1.807, 2.05) is 0 Å². The number of nitrogens with zero attached hydrogens (tertiary/aromatic N) is 3. The molecule has 4 aromatic rings. The molecule has 1 unspecified atom stereocenters. The van der Waals surface area contributed by atoms with Crippen molar-refractivity contribution in [2.75, 3.05) is 19.1 Å². The van der Waals surface area contributed by atoms with Gasteiger partial charge in [0.1, 0.15) is 17.3 Å². The number of halogens is 2. The van der Waals surface area contributed by atoms with Gasteiger partial charge in [0.05, 0.1) is 30.3 Å². The second-order valence-electron chi connectivity index (χ2n) is 8.72. The normalized spacial score (nSPS) is 16.3. The highest BCUT2D eigenvalue weighted by molar-refractivity contribution is 9.10. The first-order chi connectivity index (χ1) is 19.7. The lowest BCUT2D eigenvalue weighted by molar-refractivity contribution is -0.132. The van der Waals surface area contributed by atoms with E-state index in [0.717, 1.165) is 16.9 Å². The molecule has 1 atom stereocenters. The second kappa shape index (κ2) is 11.9. The van der Waals surface area contributed by atoms with Crippen molar-refractivity contribution in [2.24, 2.45) is 0 Å². The van der Waals surface area contributed by atoms with Gasteiger partial charge in [-0.3, -0.25) is 14.5 Å². The van der Waals surface area contributed by atoms with Crippen LogP contribution in [0.5, 0.6) is 17.2 Å². The number of methoxy groups -OCH3 is 2. The van der Waals surface area contributed by atoms with Gasteiger partial charge in [-0.15, -0.1) is 10.2 Å². The van der Waals surface area contributed by atoms with Gasteiger partial charge in [-0.2, -0.15) is 0 Å². The Morgan fingerprint density at radius 3 is 2.44 bits per heavy atom. The number of thioether (sulfide) groups is 1. The highest BCUT2D eigenvalue weighted by Crippen LogP contribution is 2.47. The van der Waals surface area contributed by atoms with Crippen molar-refractivity contribution in [1.82, 2.24) is 10.2 Å². The molecular weight excluding hydrogens is 637 g/mol. The number of amides is 1. The average Bonchev–Trinajstić information content (AvgIpc) is 3.55. The Morgan fingerprint density at radius 1 is 1.07 bits per heavy atom. The van der Waals surface area contributed by atoms with Crippen LogP contribution < -0.4 is 14.4 Å². The van der Waals surface area contributed by atoms with Gasteiger partial charge in [0.15, 0.2) is 15.8 Å². The third-order valence-electron chi connectivity index (χ3n) is 6.27.